The molecule has 0 bridgehead atoms. The number of nitrogens with zero attached hydrogens (tertiary/aromatic N) is 1. The summed E-state index contributed by atoms with van der Waals surface area (Å²) in [6.07, 6.45) is -31.2. The van der Waals surface area contributed by atoms with Crippen LogP contribution in [0.4, 0.5) is 79.0 Å². The first-order valence-corrected chi connectivity index (χ1v) is 16.8. The minimum absolute atomic E-state index is 0.0510. The molecule has 0 amide bonds. The monoisotopic (exact) mass is 868 g/mol. The lowest BCUT2D eigenvalue weighted by Gasteiger charge is -2.37. The van der Waals surface area contributed by atoms with Gasteiger partial charge in [0.1, 0.15) is 23.3 Å². The number of hydrogen-bond donors (Lipinski definition) is 0. The normalized spacial score (nSPS) is 14.0. The number of quaternary nitrogens is 1. The highest BCUT2D eigenvalue weighted by molar-refractivity contribution is 6.39. The molecular weight excluding hydrogens is 835 g/mol. The predicted octanol–water partition coefficient (Wildman–Crippen LogP) is 13.4. The first-order chi connectivity index (χ1) is 26.1. The van der Waals surface area contributed by atoms with E-state index in [0.717, 1.165) is 6.42 Å². The minimum atomic E-state index is -5.63. The van der Waals surface area contributed by atoms with E-state index in [0.29, 0.717) is 19.3 Å². The Bertz CT molecular complexity index is 1710. The van der Waals surface area contributed by atoms with Crippen LogP contribution in [0.15, 0.2) is 48.5 Å². The highest BCUT2D eigenvalue weighted by Gasteiger charge is 2.47. The zero-order chi connectivity index (χ0) is 44.4. The SMILES string of the molecule is CCCCCCCC(c1c(OB(Oc2cc(C(F)(F)F)cc(C(F)(F)F)c2)Oc2cc(C(F)(F)F)cc(C(F)(F)F)c2)cc(C(F)(F)F)cc1C(F)(F)F)[N+](C)(C)C. The van der Waals surface area contributed by atoms with E-state index >= 15 is 0 Å². The first-order valence-electron chi connectivity index (χ1n) is 16.8. The van der Waals surface area contributed by atoms with E-state index in [9.17, 15) is 79.0 Å². The number of halogens is 18. The van der Waals surface area contributed by atoms with E-state index in [1.54, 1.807) is 0 Å². The van der Waals surface area contributed by atoms with Gasteiger partial charge in [0.25, 0.3) is 0 Å². The Kier molecular flexibility index (Phi) is 14.3. The Labute approximate surface area is 319 Å². The van der Waals surface area contributed by atoms with Crippen molar-refractivity contribution in [1.29, 1.82) is 0 Å². The Morgan fingerprint density at radius 2 is 0.828 bits per heavy atom. The van der Waals surface area contributed by atoms with Gasteiger partial charge in [-0.2, -0.15) is 79.0 Å². The summed E-state index contributed by atoms with van der Waals surface area (Å²) in [5.74, 6) is -4.65. The number of unbranched alkanes of at least 4 members (excludes halogenated alkanes) is 4. The number of alkyl halides is 18. The fourth-order valence-corrected chi connectivity index (χ4v) is 5.71. The summed E-state index contributed by atoms with van der Waals surface area (Å²) in [7, 11) is 0.706. The highest BCUT2D eigenvalue weighted by Crippen LogP contribution is 2.48. The summed E-state index contributed by atoms with van der Waals surface area (Å²) in [6.45, 7) is 1.85. The molecule has 0 heterocycles. The third kappa shape index (κ3) is 13.2. The Morgan fingerprint density at radius 3 is 1.16 bits per heavy atom. The molecule has 1 atom stereocenters. The van der Waals surface area contributed by atoms with E-state index in [-0.39, 0.29) is 49.2 Å². The molecule has 3 aromatic rings. The van der Waals surface area contributed by atoms with Gasteiger partial charge in [0.2, 0.25) is 0 Å². The third-order valence-electron chi connectivity index (χ3n) is 8.43. The maximum Gasteiger partial charge on any atom is 0.864 e. The van der Waals surface area contributed by atoms with Gasteiger partial charge in [0, 0.05) is 6.42 Å². The molecule has 3 aromatic carbocycles. The zero-order valence-corrected chi connectivity index (χ0v) is 30.5. The molecule has 0 aliphatic carbocycles. The van der Waals surface area contributed by atoms with Gasteiger partial charge in [-0.05, 0) is 55.0 Å². The molecule has 0 saturated carbocycles. The molecule has 0 fully saturated rings. The van der Waals surface area contributed by atoms with Crippen LogP contribution in [0, 0.1) is 0 Å². The van der Waals surface area contributed by atoms with Crippen molar-refractivity contribution in [3.05, 3.63) is 87.5 Å². The molecule has 58 heavy (non-hydrogen) atoms. The summed E-state index contributed by atoms with van der Waals surface area (Å²) < 4.78 is 266. The van der Waals surface area contributed by atoms with Crippen LogP contribution in [-0.4, -0.2) is 32.9 Å². The molecule has 23 heteroatoms. The van der Waals surface area contributed by atoms with Gasteiger partial charge in [0.15, 0.2) is 0 Å². The second-order valence-electron chi connectivity index (χ2n) is 13.9. The van der Waals surface area contributed by atoms with E-state index in [4.69, 9.17) is 14.0 Å². The summed E-state index contributed by atoms with van der Waals surface area (Å²) in [4.78, 5) is 0. The van der Waals surface area contributed by atoms with Crippen LogP contribution in [0.5, 0.6) is 17.2 Å². The largest absolute Gasteiger partial charge is 0.864 e. The molecule has 3 rings (SSSR count). The summed E-state index contributed by atoms with van der Waals surface area (Å²) in [5.41, 5.74) is -13.5. The van der Waals surface area contributed by atoms with Gasteiger partial charge in [-0.25, -0.2) is 0 Å². The van der Waals surface area contributed by atoms with Crippen molar-refractivity contribution in [2.75, 3.05) is 21.1 Å². The van der Waals surface area contributed by atoms with Crippen LogP contribution < -0.4 is 14.0 Å². The smallest absolute Gasteiger partial charge is 0.490 e. The molecule has 4 nitrogen and oxygen atoms in total. The average molecular weight is 868 g/mol. The van der Waals surface area contributed by atoms with Crippen LogP contribution in [0.3, 0.4) is 0 Å². The summed E-state index contributed by atoms with van der Waals surface area (Å²) in [6, 6.07) is -3.31. The summed E-state index contributed by atoms with van der Waals surface area (Å²) >= 11 is 0. The van der Waals surface area contributed by atoms with Crippen LogP contribution >= 0.6 is 0 Å². The Hall–Kier alpha value is -4.18. The molecule has 0 saturated heterocycles. The van der Waals surface area contributed by atoms with Gasteiger partial charge < -0.3 is 18.4 Å². The average Bonchev–Trinajstić information content (AvgIpc) is 3.03. The van der Waals surface area contributed by atoms with Crippen molar-refractivity contribution in [2.24, 2.45) is 0 Å². The third-order valence-corrected chi connectivity index (χ3v) is 8.43. The topological polar surface area (TPSA) is 27.7 Å². The molecule has 0 aromatic heterocycles. The van der Waals surface area contributed by atoms with E-state index in [1.165, 1.54) is 21.1 Å². The lowest BCUT2D eigenvalue weighted by atomic mass is 9.90. The second-order valence-corrected chi connectivity index (χ2v) is 13.9. The van der Waals surface area contributed by atoms with Gasteiger partial charge in [-0.1, -0.05) is 32.6 Å². The van der Waals surface area contributed by atoms with Crippen molar-refractivity contribution in [2.45, 2.75) is 88.5 Å². The Balaban J connectivity index is 2.44. The van der Waals surface area contributed by atoms with Crippen molar-refractivity contribution >= 4 is 7.32 Å². The minimum Gasteiger partial charge on any atom is -0.490 e. The fraction of sp³-hybridized carbons (Fsp3) is 0.486. The maximum absolute atomic E-state index is 14.8. The standard InChI is InChI=1S/C35H33BF18NO3/c1-5-6-7-8-9-10-27(55(2,3)4)29-26(35(52,53)54)17-23(34(49,50)51)18-28(29)58-36(56-24-13-19(30(37,38)39)11-20(14-24)31(40,41)42)57-25-15-21(32(43,44)45)12-22(16-25)33(46,47)48/h11-18,27H,5-10H2,1-4H3/q+1. The second kappa shape index (κ2) is 17.2. The zero-order valence-electron chi connectivity index (χ0n) is 30.5. The maximum atomic E-state index is 14.8. The molecular formula is C35H33BF18NO3+. The molecule has 1 unspecified atom stereocenters. The van der Waals surface area contributed by atoms with E-state index in [1.807, 2.05) is 6.92 Å². The van der Waals surface area contributed by atoms with Gasteiger partial charge in [-0.15, -0.1) is 0 Å². The van der Waals surface area contributed by atoms with Crippen molar-refractivity contribution in [3.8, 4) is 17.2 Å². The van der Waals surface area contributed by atoms with Gasteiger partial charge in [-0.3, -0.25) is 0 Å². The van der Waals surface area contributed by atoms with Crippen molar-refractivity contribution < 1.29 is 97.5 Å². The molecule has 0 radical (unpaired) electrons. The van der Waals surface area contributed by atoms with E-state index in [2.05, 4.69) is 0 Å². The molecule has 0 aliphatic rings. The highest BCUT2D eigenvalue weighted by atomic mass is 19.4. The van der Waals surface area contributed by atoms with Crippen LogP contribution in [-0.2, 0) is 37.1 Å². The molecule has 324 valence electrons. The van der Waals surface area contributed by atoms with Gasteiger partial charge >= 0.3 is 44.4 Å². The summed E-state index contributed by atoms with van der Waals surface area (Å²) in [5, 5.41) is 0. The van der Waals surface area contributed by atoms with Crippen molar-refractivity contribution in [3.63, 3.8) is 0 Å². The lowest BCUT2D eigenvalue weighted by Crippen LogP contribution is -2.42. The number of rotatable bonds is 14. The van der Waals surface area contributed by atoms with Crippen molar-refractivity contribution in [1.82, 2.24) is 0 Å². The quantitative estimate of drug-likeness (QED) is 0.0699. The van der Waals surface area contributed by atoms with Crippen LogP contribution in [0.2, 0.25) is 0 Å². The molecule has 0 aliphatic heterocycles. The van der Waals surface area contributed by atoms with E-state index < -0.39 is 123 Å². The number of hydrogen-bond acceptors (Lipinski definition) is 3. The molecule has 0 N–H and O–H groups in total. The lowest BCUT2D eigenvalue weighted by molar-refractivity contribution is -0.902. The first kappa shape index (κ1) is 48.2. The fourth-order valence-electron chi connectivity index (χ4n) is 5.71. The van der Waals surface area contributed by atoms with Crippen LogP contribution in [0.25, 0.3) is 0 Å². The molecule has 0 spiro atoms. The number of benzene rings is 3. The van der Waals surface area contributed by atoms with Gasteiger partial charge in [0.05, 0.1) is 60.1 Å². The Morgan fingerprint density at radius 1 is 0.466 bits per heavy atom. The predicted molar refractivity (Wildman–Crippen MR) is 171 cm³/mol. The van der Waals surface area contributed by atoms with Crippen LogP contribution in [0.1, 0.15) is 90.4 Å².